The van der Waals surface area contributed by atoms with Crippen LogP contribution in [0, 0.1) is 5.82 Å². The third-order valence-electron chi connectivity index (χ3n) is 6.85. The summed E-state index contributed by atoms with van der Waals surface area (Å²) in [4.78, 5) is 29.2. The molecule has 0 spiro atoms. The first-order valence-electron chi connectivity index (χ1n) is 12.7. The van der Waals surface area contributed by atoms with Gasteiger partial charge in [-0.3, -0.25) is 9.59 Å². The van der Waals surface area contributed by atoms with Crippen LogP contribution in [-0.4, -0.2) is 28.8 Å². The molecule has 0 saturated heterocycles. The summed E-state index contributed by atoms with van der Waals surface area (Å²) < 4.78 is 13.5. The molecule has 37 heavy (non-hydrogen) atoms. The Morgan fingerprint density at radius 3 is 2.30 bits per heavy atom. The fourth-order valence-corrected chi connectivity index (χ4v) is 5.28. The Kier molecular flexibility index (Phi) is 9.59. The highest BCUT2D eigenvalue weighted by atomic mass is 35.5. The van der Waals surface area contributed by atoms with Gasteiger partial charge in [-0.2, -0.15) is 0 Å². The van der Waals surface area contributed by atoms with E-state index in [0.29, 0.717) is 27.6 Å². The topological polar surface area (TPSA) is 49.4 Å². The van der Waals surface area contributed by atoms with Gasteiger partial charge in [-0.15, -0.1) is 0 Å². The summed E-state index contributed by atoms with van der Waals surface area (Å²) in [5.41, 5.74) is 2.32. The van der Waals surface area contributed by atoms with E-state index in [0.717, 1.165) is 31.2 Å². The quantitative estimate of drug-likeness (QED) is 0.325. The highest BCUT2D eigenvalue weighted by molar-refractivity contribution is 6.35. The van der Waals surface area contributed by atoms with Gasteiger partial charge in [-0.05, 0) is 53.8 Å². The van der Waals surface area contributed by atoms with Crippen LogP contribution in [-0.2, 0) is 29.0 Å². The summed E-state index contributed by atoms with van der Waals surface area (Å²) in [5.74, 6) is -0.777. The minimum Gasteiger partial charge on any atom is -0.352 e. The van der Waals surface area contributed by atoms with Gasteiger partial charge >= 0.3 is 0 Å². The molecule has 0 bridgehead atoms. The number of carbonyl (C=O) groups excluding carboxylic acids is 2. The second-order valence-corrected chi connectivity index (χ2v) is 10.5. The molecule has 194 valence electrons. The number of amides is 2. The van der Waals surface area contributed by atoms with E-state index in [2.05, 4.69) is 5.32 Å². The molecule has 4 rings (SSSR count). The lowest BCUT2D eigenvalue weighted by atomic mass is 9.94. The fraction of sp³-hybridized carbons (Fsp3) is 0.333. The summed E-state index contributed by atoms with van der Waals surface area (Å²) in [7, 11) is 0. The molecule has 1 unspecified atom stereocenters. The van der Waals surface area contributed by atoms with Crippen molar-refractivity contribution in [2.75, 3.05) is 0 Å². The summed E-state index contributed by atoms with van der Waals surface area (Å²) in [6, 6.07) is 20.0. The minimum absolute atomic E-state index is 0.0352. The van der Waals surface area contributed by atoms with Gasteiger partial charge in [-0.25, -0.2) is 4.39 Å². The molecule has 0 aliphatic heterocycles. The molecule has 1 N–H and O–H groups in total. The maximum atomic E-state index is 13.8. The molecule has 0 heterocycles. The summed E-state index contributed by atoms with van der Waals surface area (Å²) in [6.07, 6.45) is 5.63. The van der Waals surface area contributed by atoms with Gasteiger partial charge in [0, 0.05) is 29.1 Å². The Labute approximate surface area is 227 Å². The van der Waals surface area contributed by atoms with Crippen molar-refractivity contribution >= 4 is 35.0 Å². The van der Waals surface area contributed by atoms with Gasteiger partial charge in [0.05, 0.1) is 6.42 Å². The van der Waals surface area contributed by atoms with E-state index >= 15 is 0 Å². The van der Waals surface area contributed by atoms with Gasteiger partial charge < -0.3 is 10.2 Å². The molecule has 3 aromatic carbocycles. The Morgan fingerprint density at radius 2 is 1.62 bits per heavy atom. The SMILES string of the molecule is O=C(NC1CCCCC1)C(Cc1ccccc1)N(Cc1ccc(Cl)cc1Cl)C(=O)Cc1ccc(F)cc1. The maximum absolute atomic E-state index is 13.8. The van der Waals surface area contributed by atoms with Crippen molar-refractivity contribution in [3.63, 3.8) is 0 Å². The predicted octanol–water partition coefficient (Wildman–Crippen LogP) is 6.76. The molecule has 4 nitrogen and oxygen atoms in total. The van der Waals surface area contributed by atoms with Crippen molar-refractivity contribution in [2.24, 2.45) is 0 Å². The molecular weight excluding hydrogens is 510 g/mol. The first-order chi connectivity index (χ1) is 17.9. The lowest BCUT2D eigenvalue weighted by Crippen LogP contribution is -2.53. The summed E-state index contributed by atoms with van der Waals surface area (Å²) in [6.45, 7) is 0.144. The smallest absolute Gasteiger partial charge is 0.243 e. The Balaban J connectivity index is 1.67. The van der Waals surface area contributed by atoms with Crippen molar-refractivity contribution in [2.45, 2.75) is 63.6 Å². The van der Waals surface area contributed by atoms with Crippen molar-refractivity contribution in [1.29, 1.82) is 0 Å². The van der Waals surface area contributed by atoms with Gasteiger partial charge in [0.25, 0.3) is 0 Å². The van der Waals surface area contributed by atoms with Crippen LogP contribution in [0.3, 0.4) is 0 Å². The third-order valence-corrected chi connectivity index (χ3v) is 7.43. The normalized spacial score (nSPS) is 14.7. The van der Waals surface area contributed by atoms with Crippen LogP contribution in [0.5, 0.6) is 0 Å². The standard InChI is InChI=1S/C30H31Cl2FN2O2/c31-24-14-13-23(27(32)19-24)20-35(29(36)18-22-11-15-25(33)16-12-22)28(17-21-7-3-1-4-8-21)30(37)34-26-9-5-2-6-10-26/h1,3-4,7-8,11-16,19,26,28H,2,5-6,9-10,17-18,20H2,(H,34,37). The van der Waals surface area contributed by atoms with Crippen LogP contribution >= 0.6 is 23.2 Å². The average Bonchev–Trinajstić information content (AvgIpc) is 2.89. The monoisotopic (exact) mass is 540 g/mol. The van der Waals surface area contributed by atoms with E-state index in [-0.39, 0.29) is 36.6 Å². The number of nitrogens with one attached hydrogen (secondary N) is 1. The van der Waals surface area contributed by atoms with Crippen LogP contribution < -0.4 is 5.32 Å². The third kappa shape index (κ3) is 7.80. The van der Waals surface area contributed by atoms with Crippen LogP contribution in [0.15, 0.2) is 72.8 Å². The molecule has 7 heteroatoms. The second-order valence-electron chi connectivity index (χ2n) is 9.61. The van der Waals surface area contributed by atoms with Gasteiger partial charge in [0.15, 0.2) is 0 Å². The van der Waals surface area contributed by atoms with Crippen LogP contribution in [0.2, 0.25) is 10.0 Å². The molecule has 1 fully saturated rings. The lowest BCUT2D eigenvalue weighted by Gasteiger charge is -2.34. The molecule has 0 radical (unpaired) electrons. The second kappa shape index (κ2) is 13.1. The molecule has 1 aliphatic carbocycles. The first-order valence-corrected chi connectivity index (χ1v) is 13.5. The van der Waals surface area contributed by atoms with Crippen LogP contribution in [0.25, 0.3) is 0 Å². The number of hydrogen-bond acceptors (Lipinski definition) is 2. The molecular formula is C30H31Cl2FN2O2. The van der Waals surface area contributed by atoms with Crippen molar-refractivity contribution in [1.82, 2.24) is 10.2 Å². The zero-order valence-corrected chi connectivity index (χ0v) is 22.1. The summed E-state index contributed by atoms with van der Waals surface area (Å²) >= 11 is 12.6. The zero-order valence-electron chi connectivity index (χ0n) is 20.6. The van der Waals surface area contributed by atoms with Crippen molar-refractivity contribution < 1.29 is 14.0 Å². The van der Waals surface area contributed by atoms with E-state index in [1.807, 2.05) is 30.3 Å². The number of nitrogens with zero attached hydrogens (tertiary/aromatic N) is 1. The first kappa shape index (κ1) is 27.2. The molecule has 1 aliphatic rings. The largest absolute Gasteiger partial charge is 0.352 e. The van der Waals surface area contributed by atoms with Gasteiger partial charge in [-0.1, -0.05) is 91.0 Å². The number of rotatable bonds is 9. The van der Waals surface area contributed by atoms with Gasteiger partial charge in [0.2, 0.25) is 11.8 Å². The molecule has 1 saturated carbocycles. The number of halogens is 3. The summed E-state index contributed by atoms with van der Waals surface area (Å²) in [5, 5.41) is 4.14. The van der Waals surface area contributed by atoms with Crippen LogP contribution in [0.1, 0.15) is 48.8 Å². The highest BCUT2D eigenvalue weighted by Gasteiger charge is 2.32. The van der Waals surface area contributed by atoms with Crippen LogP contribution in [0.4, 0.5) is 4.39 Å². The van der Waals surface area contributed by atoms with Crippen molar-refractivity contribution in [3.05, 3.63) is 105 Å². The molecule has 2 amide bonds. The van der Waals surface area contributed by atoms with E-state index in [1.165, 1.54) is 18.6 Å². The number of carbonyl (C=O) groups is 2. The highest BCUT2D eigenvalue weighted by Crippen LogP contribution is 2.25. The maximum Gasteiger partial charge on any atom is 0.243 e. The lowest BCUT2D eigenvalue weighted by molar-refractivity contribution is -0.141. The van der Waals surface area contributed by atoms with E-state index in [1.54, 1.807) is 35.2 Å². The average molecular weight is 541 g/mol. The Bertz CT molecular complexity index is 1200. The Hall–Kier alpha value is -2.89. The van der Waals surface area contributed by atoms with E-state index in [9.17, 15) is 14.0 Å². The minimum atomic E-state index is -0.746. The molecule has 3 aromatic rings. The molecule has 0 aromatic heterocycles. The van der Waals surface area contributed by atoms with E-state index in [4.69, 9.17) is 23.2 Å². The molecule has 1 atom stereocenters. The Morgan fingerprint density at radius 1 is 0.919 bits per heavy atom. The predicted molar refractivity (Wildman–Crippen MR) is 146 cm³/mol. The number of hydrogen-bond donors (Lipinski definition) is 1. The zero-order chi connectivity index (χ0) is 26.2. The van der Waals surface area contributed by atoms with E-state index < -0.39 is 6.04 Å². The van der Waals surface area contributed by atoms with Crippen molar-refractivity contribution in [3.8, 4) is 0 Å². The fourth-order valence-electron chi connectivity index (χ4n) is 4.81. The number of benzene rings is 3. The van der Waals surface area contributed by atoms with Gasteiger partial charge in [0.1, 0.15) is 11.9 Å².